The van der Waals surface area contributed by atoms with Crippen LogP contribution in [0, 0.1) is 0 Å². The predicted molar refractivity (Wildman–Crippen MR) is 68.0 cm³/mol. The molecule has 88 valence electrons. The zero-order valence-electron chi connectivity index (χ0n) is 8.92. The van der Waals surface area contributed by atoms with E-state index < -0.39 is 0 Å². The number of oxime groups is 1. The lowest BCUT2D eigenvalue weighted by molar-refractivity contribution is 0.318. The van der Waals surface area contributed by atoms with Crippen LogP contribution in [0.5, 0.6) is 0 Å². The van der Waals surface area contributed by atoms with E-state index in [-0.39, 0.29) is 5.84 Å². The minimum absolute atomic E-state index is 0.00463. The molecule has 2 aromatic rings. The number of nitrogens with zero attached hydrogens (tertiary/aromatic N) is 3. The monoisotopic (exact) mass is 294 g/mol. The zero-order chi connectivity index (χ0) is 12.3. The topological polar surface area (TPSA) is 76.4 Å². The summed E-state index contributed by atoms with van der Waals surface area (Å²) in [5.41, 5.74) is 6.63. The Morgan fingerprint density at radius 1 is 1.53 bits per heavy atom. The number of amidine groups is 1. The SMILES string of the molecule is NC(=NO)c1nccn1Cc1cccc(Br)c1. The number of hydrogen-bond acceptors (Lipinski definition) is 3. The van der Waals surface area contributed by atoms with E-state index in [9.17, 15) is 0 Å². The van der Waals surface area contributed by atoms with Gasteiger partial charge in [0.2, 0.25) is 5.84 Å². The van der Waals surface area contributed by atoms with Gasteiger partial charge in [0.1, 0.15) is 0 Å². The molecule has 0 atom stereocenters. The molecule has 1 heterocycles. The van der Waals surface area contributed by atoms with E-state index in [0.29, 0.717) is 12.4 Å². The van der Waals surface area contributed by atoms with Crippen LogP contribution in [-0.2, 0) is 6.54 Å². The first kappa shape index (κ1) is 11.7. The van der Waals surface area contributed by atoms with E-state index >= 15 is 0 Å². The molecule has 0 unspecified atom stereocenters. The van der Waals surface area contributed by atoms with Crippen molar-refractivity contribution in [3.63, 3.8) is 0 Å². The molecule has 17 heavy (non-hydrogen) atoms. The van der Waals surface area contributed by atoms with Gasteiger partial charge in [0.25, 0.3) is 0 Å². The van der Waals surface area contributed by atoms with Gasteiger partial charge in [-0.1, -0.05) is 33.2 Å². The highest BCUT2D eigenvalue weighted by molar-refractivity contribution is 9.10. The average molecular weight is 295 g/mol. The Morgan fingerprint density at radius 3 is 3.06 bits per heavy atom. The predicted octanol–water partition coefficient (Wildman–Crippen LogP) is 1.79. The van der Waals surface area contributed by atoms with E-state index in [2.05, 4.69) is 26.1 Å². The number of imidazole rings is 1. The van der Waals surface area contributed by atoms with Gasteiger partial charge >= 0.3 is 0 Å². The lowest BCUT2D eigenvalue weighted by atomic mass is 10.2. The second kappa shape index (κ2) is 5.01. The van der Waals surface area contributed by atoms with Crippen LogP contribution in [0.15, 0.2) is 46.3 Å². The number of aromatic nitrogens is 2. The fourth-order valence-corrected chi connectivity index (χ4v) is 1.99. The Hall–Kier alpha value is -1.82. The molecule has 0 spiro atoms. The summed E-state index contributed by atoms with van der Waals surface area (Å²) >= 11 is 3.41. The molecule has 0 saturated heterocycles. The molecule has 0 aliphatic rings. The van der Waals surface area contributed by atoms with Crippen molar-refractivity contribution in [3.8, 4) is 0 Å². The maximum absolute atomic E-state index is 8.64. The molecular weight excluding hydrogens is 284 g/mol. The zero-order valence-corrected chi connectivity index (χ0v) is 10.5. The van der Waals surface area contributed by atoms with E-state index in [1.807, 2.05) is 28.8 Å². The summed E-state index contributed by atoms with van der Waals surface area (Å²) in [6.07, 6.45) is 3.40. The van der Waals surface area contributed by atoms with Gasteiger partial charge in [0.05, 0.1) is 0 Å². The third-order valence-electron chi connectivity index (χ3n) is 2.29. The third-order valence-corrected chi connectivity index (χ3v) is 2.79. The quantitative estimate of drug-likeness (QED) is 0.392. The lowest BCUT2D eigenvalue weighted by Crippen LogP contribution is -2.19. The molecule has 3 N–H and O–H groups in total. The highest BCUT2D eigenvalue weighted by atomic mass is 79.9. The Morgan fingerprint density at radius 2 is 2.35 bits per heavy atom. The number of halogens is 1. The number of benzene rings is 1. The number of rotatable bonds is 3. The normalized spacial score (nSPS) is 11.7. The van der Waals surface area contributed by atoms with Gasteiger partial charge < -0.3 is 15.5 Å². The molecule has 0 fully saturated rings. The van der Waals surface area contributed by atoms with Crippen LogP contribution in [0.1, 0.15) is 11.4 Å². The average Bonchev–Trinajstić information content (AvgIpc) is 2.76. The Balaban J connectivity index is 2.28. The van der Waals surface area contributed by atoms with Gasteiger partial charge in [-0.05, 0) is 17.7 Å². The summed E-state index contributed by atoms with van der Waals surface area (Å²) < 4.78 is 2.83. The van der Waals surface area contributed by atoms with Crippen molar-refractivity contribution in [2.24, 2.45) is 10.9 Å². The second-order valence-electron chi connectivity index (χ2n) is 3.49. The first-order valence-corrected chi connectivity index (χ1v) is 5.73. The van der Waals surface area contributed by atoms with Gasteiger partial charge in [0.15, 0.2) is 5.82 Å². The van der Waals surface area contributed by atoms with Crippen molar-refractivity contribution >= 4 is 21.8 Å². The summed E-state index contributed by atoms with van der Waals surface area (Å²) in [6.45, 7) is 0.616. The van der Waals surface area contributed by atoms with Crippen LogP contribution >= 0.6 is 15.9 Å². The van der Waals surface area contributed by atoms with E-state index in [1.54, 1.807) is 12.4 Å². The van der Waals surface area contributed by atoms with Gasteiger partial charge in [-0.15, -0.1) is 0 Å². The largest absolute Gasteiger partial charge is 0.409 e. The van der Waals surface area contributed by atoms with Crippen molar-refractivity contribution in [1.29, 1.82) is 0 Å². The summed E-state index contributed by atoms with van der Waals surface area (Å²) in [4.78, 5) is 4.04. The molecule has 0 saturated carbocycles. The number of hydrogen-bond donors (Lipinski definition) is 2. The second-order valence-corrected chi connectivity index (χ2v) is 4.41. The molecule has 0 bridgehead atoms. The Labute approximate surface area is 107 Å². The van der Waals surface area contributed by atoms with Crippen molar-refractivity contribution in [3.05, 3.63) is 52.5 Å². The van der Waals surface area contributed by atoms with Crippen molar-refractivity contribution in [2.45, 2.75) is 6.54 Å². The molecule has 0 aliphatic carbocycles. The molecule has 0 radical (unpaired) electrons. The maximum atomic E-state index is 8.64. The molecule has 5 nitrogen and oxygen atoms in total. The smallest absolute Gasteiger partial charge is 0.206 e. The summed E-state index contributed by atoms with van der Waals surface area (Å²) in [6, 6.07) is 7.93. The molecule has 1 aromatic carbocycles. The lowest BCUT2D eigenvalue weighted by Gasteiger charge is -2.07. The molecule has 1 aromatic heterocycles. The molecule has 0 amide bonds. The molecule has 6 heteroatoms. The van der Waals surface area contributed by atoms with E-state index in [1.165, 1.54) is 0 Å². The first-order valence-electron chi connectivity index (χ1n) is 4.94. The molecular formula is C11H11BrN4O. The fraction of sp³-hybridized carbons (Fsp3) is 0.0909. The van der Waals surface area contributed by atoms with Crippen LogP contribution in [-0.4, -0.2) is 20.6 Å². The van der Waals surface area contributed by atoms with Crippen LogP contribution in [0.2, 0.25) is 0 Å². The van der Waals surface area contributed by atoms with Crippen molar-refractivity contribution in [2.75, 3.05) is 0 Å². The maximum Gasteiger partial charge on any atom is 0.206 e. The minimum atomic E-state index is 0.00463. The Bertz CT molecular complexity index is 550. The summed E-state index contributed by atoms with van der Waals surface area (Å²) in [7, 11) is 0. The van der Waals surface area contributed by atoms with Crippen LogP contribution in [0.4, 0.5) is 0 Å². The summed E-state index contributed by atoms with van der Waals surface area (Å²) in [5.74, 6) is 0.456. The van der Waals surface area contributed by atoms with Crippen molar-refractivity contribution in [1.82, 2.24) is 9.55 Å². The van der Waals surface area contributed by atoms with Crippen LogP contribution in [0.3, 0.4) is 0 Å². The van der Waals surface area contributed by atoms with Gasteiger partial charge in [-0.2, -0.15) is 0 Å². The highest BCUT2D eigenvalue weighted by Crippen LogP contribution is 2.13. The standard InChI is InChI=1S/C11H11BrN4O/c12-9-3-1-2-8(6-9)7-16-5-4-14-11(16)10(13)15-17/h1-6,17H,7H2,(H2,13,15). The molecule has 0 aliphatic heterocycles. The van der Waals surface area contributed by atoms with Gasteiger partial charge in [-0.25, -0.2) is 4.98 Å². The first-order chi connectivity index (χ1) is 8.20. The van der Waals surface area contributed by atoms with Gasteiger partial charge in [0, 0.05) is 23.4 Å². The van der Waals surface area contributed by atoms with E-state index in [0.717, 1.165) is 10.0 Å². The van der Waals surface area contributed by atoms with Crippen LogP contribution < -0.4 is 5.73 Å². The minimum Gasteiger partial charge on any atom is -0.409 e. The number of nitrogens with two attached hydrogens (primary N) is 1. The van der Waals surface area contributed by atoms with Gasteiger partial charge in [-0.3, -0.25) is 0 Å². The Kier molecular flexibility index (Phi) is 3.43. The van der Waals surface area contributed by atoms with Crippen molar-refractivity contribution < 1.29 is 5.21 Å². The third kappa shape index (κ3) is 2.65. The molecule has 2 rings (SSSR count). The van der Waals surface area contributed by atoms with E-state index in [4.69, 9.17) is 10.9 Å². The highest BCUT2D eigenvalue weighted by Gasteiger charge is 2.07. The van der Waals surface area contributed by atoms with Crippen LogP contribution in [0.25, 0.3) is 0 Å². The summed E-state index contributed by atoms with van der Waals surface area (Å²) in [5, 5.41) is 11.6. The fourth-order valence-electron chi connectivity index (χ4n) is 1.55.